The van der Waals surface area contributed by atoms with Gasteiger partial charge in [-0.25, -0.2) is 0 Å². The van der Waals surface area contributed by atoms with E-state index in [4.69, 9.17) is 4.65 Å². The molecule has 0 bridgehead atoms. The van der Waals surface area contributed by atoms with Crippen LogP contribution in [0.15, 0.2) is 60.7 Å². The maximum absolute atomic E-state index is 7.01. The molecule has 1 heterocycles. The smallest absolute Gasteiger partial charge is 0.380 e. The summed E-state index contributed by atoms with van der Waals surface area (Å²) >= 11 is 0. The van der Waals surface area contributed by atoms with Crippen LogP contribution in [-0.4, -0.2) is 18.7 Å². The number of hydrogen-bond donors (Lipinski definition) is 1. The summed E-state index contributed by atoms with van der Waals surface area (Å²) in [5.74, 6) is 0.725. The van der Waals surface area contributed by atoms with E-state index in [-0.39, 0.29) is 12.7 Å². The topological polar surface area (TPSA) is 21.3 Å². The monoisotopic (exact) mass is 389 g/mol. The fourth-order valence-electron chi connectivity index (χ4n) is 5.56. The summed E-state index contributed by atoms with van der Waals surface area (Å²) < 4.78 is 7.01. The molecule has 2 aliphatic rings. The molecular formula is C26H36BNO. The Morgan fingerprint density at radius 1 is 0.897 bits per heavy atom. The molecule has 1 aliphatic carbocycles. The lowest BCUT2D eigenvalue weighted by atomic mass is 9.72. The normalized spacial score (nSPS) is 22.1. The van der Waals surface area contributed by atoms with Crippen LogP contribution in [0.3, 0.4) is 0 Å². The third kappa shape index (κ3) is 5.13. The summed E-state index contributed by atoms with van der Waals surface area (Å²) in [6, 6.07) is 22.4. The first-order chi connectivity index (χ1) is 14.3. The largest absolute Gasteiger partial charge is 0.414 e. The van der Waals surface area contributed by atoms with Crippen molar-refractivity contribution in [3.8, 4) is 0 Å². The van der Waals surface area contributed by atoms with Gasteiger partial charge in [0.2, 0.25) is 0 Å². The molecule has 2 aromatic carbocycles. The molecule has 1 saturated carbocycles. The number of hydrogen-bond acceptors (Lipinski definition) is 2. The zero-order valence-corrected chi connectivity index (χ0v) is 18.0. The van der Waals surface area contributed by atoms with E-state index < -0.39 is 0 Å². The molecule has 2 fully saturated rings. The summed E-state index contributed by atoms with van der Waals surface area (Å²) in [4.78, 5) is 0. The summed E-state index contributed by atoms with van der Waals surface area (Å²) in [5.41, 5.74) is 2.62. The molecule has 1 saturated heterocycles. The van der Waals surface area contributed by atoms with Crippen molar-refractivity contribution in [1.29, 1.82) is 0 Å². The average Bonchev–Trinajstić information content (AvgIpc) is 3.12. The molecule has 1 unspecified atom stereocenters. The van der Waals surface area contributed by atoms with Gasteiger partial charge in [0.25, 0.3) is 0 Å². The third-order valence-electron chi connectivity index (χ3n) is 6.94. The Balaban J connectivity index is 1.67. The SMILES string of the molecule is CCCCB1NC(C2CCCCC2)C(Cc2ccccc2)(Cc2ccccc2)O1. The van der Waals surface area contributed by atoms with Gasteiger partial charge in [-0.2, -0.15) is 0 Å². The summed E-state index contributed by atoms with van der Waals surface area (Å²) in [7, 11) is 0.189. The van der Waals surface area contributed by atoms with E-state index in [9.17, 15) is 0 Å². The van der Waals surface area contributed by atoms with E-state index in [1.807, 2.05) is 0 Å². The van der Waals surface area contributed by atoms with Gasteiger partial charge >= 0.3 is 7.05 Å². The second kappa shape index (κ2) is 9.95. The van der Waals surface area contributed by atoms with E-state index in [0.717, 1.165) is 25.1 Å². The minimum atomic E-state index is -0.164. The van der Waals surface area contributed by atoms with Gasteiger partial charge in [-0.1, -0.05) is 99.7 Å². The quantitative estimate of drug-likeness (QED) is 0.554. The molecule has 29 heavy (non-hydrogen) atoms. The van der Waals surface area contributed by atoms with Crippen molar-refractivity contribution in [2.24, 2.45) is 5.92 Å². The van der Waals surface area contributed by atoms with E-state index in [1.165, 1.54) is 56.1 Å². The van der Waals surface area contributed by atoms with Crippen molar-refractivity contribution in [3.05, 3.63) is 71.8 Å². The molecule has 1 N–H and O–H groups in total. The lowest BCUT2D eigenvalue weighted by Gasteiger charge is -2.41. The van der Waals surface area contributed by atoms with Crippen molar-refractivity contribution < 1.29 is 4.65 Å². The predicted octanol–water partition coefficient (Wildman–Crippen LogP) is 6.07. The van der Waals surface area contributed by atoms with Crippen LogP contribution in [0.25, 0.3) is 0 Å². The Bertz CT molecular complexity index is 687. The Morgan fingerprint density at radius 2 is 1.48 bits per heavy atom. The van der Waals surface area contributed by atoms with Crippen LogP contribution >= 0.6 is 0 Å². The zero-order chi connectivity index (χ0) is 19.9. The highest BCUT2D eigenvalue weighted by atomic mass is 16.5. The first-order valence-electron chi connectivity index (χ1n) is 11.8. The number of nitrogens with one attached hydrogen (secondary N) is 1. The lowest BCUT2D eigenvalue weighted by Crippen LogP contribution is -2.52. The van der Waals surface area contributed by atoms with Crippen molar-refractivity contribution in [3.63, 3.8) is 0 Å². The summed E-state index contributed by atoms with van der Waals surface area (Å²) in [6.07, 6.45) is 12.4. The molecule has 1 aliphatic heterocycles. The van der Waals surface area contributed by atoms with Gasteiger partial charge < -0.3 is 9.88 Å². The highest BCUT2D eigenvalue weighted by Gasteiger charge is 2.52. The van der Waals surface area contributed by atoms with Gasteiger partial charge in [-0.15, -0.1) is 0 Å². The summed E-state index contributed by atoms with van der Waals surface area (Å²) in [5, 5.41) is 4.00. The van der Waals surface area contributed by atoms with Crippen LogP contribution in [0, 0.1) is 5.92 Å². The van der Waals surface area contributed by atoms with Gasteiger partial charge in [-0.3, -0.25) is 0 Å². The first kappa shape index (κ1) is 20.7. The van der Waals surface area contributed by atoms with Crippen molar-refractivity contribution in [2.45, 2.75) is 82.7 Å². The number of unbranched alkanes of at least 4 members (excludes halogenated alkanes) is 1. The number of benzene rings is 2. The minimum Gasteiger partial charge on any atom is -0.414 e. The molecule has 2 aromatic rings. The molecule has 0 spiro atoms. The third-order valence-corrected chi connectivity index (χ3v) is 6.94. The first-order valence-corrected chi connectivity index (χ1v) is 11.8. The Hall–Kier alpha value is -1.58. The molecule has 0 aromatic heterocycles. The molecule has 3 heteroatoms. The van der Waals surface area contributed by atoms with E-state index in [1.54, 1.807) is 0 Å². The van der Waals surface area contributed by atoms with Crippen LogP contribution < -0.4 is 5.23 Å². The minimum absolute atomic E-state index is 0.164. The molecule has 0 radical (unpaired) electrons. The molecular weight excluding hydrogens is 353 g/mol. The van der Waals surface area contributed by atoms with Gasteiger partial charge in [0.1, 0.15) is 0 Å². The maximum Gasteiger partial charge on any atom is 0.380 e. The van der Waals surface area contributed by atoms with Crippen LogP contribution in [0.5, 0.6) is 0 Å². The van der Waals surface area contributed by atoms with Gasteiger partial charge in [-0.05, 0) is 36.2 Å². The van der Waals surface area contributed by atoms with Crippen LogP contribution in [-0.2, 0) is 17.5 Å². The fraction of sp³-hybridized carbons (Fsp3) is 0.538. The Kier molecular flexibility index (Phi) is 7.10. The fourth-order valence-corrected chi connectivity index (χ4v) is 5.56. The number of rotatable bonds is 8. The van der Waals surface area contributed by atoms with Crippen molar-refractivity contribution in [2.75, 3.05) is 0 Å². The van der Waals surface area contributed by atoms with Crippen LogP contribution in [0.1, 0.15) is 63.0 Å². The standard InChI is InChI=1S/C26H36BNO/c1-2-3-19-27-28-25(24-17-11-6-12-18-24)26(29-27,20-22-13-7-4-8-14-22)21-23-15-9-5-10-16-23/h4-5,7-10,13-16,24-25,28H,2-3,6,11-12,17-21H2,1H3. The van der Waals surface area contributed by atoms with Gasteiger partial charge in [0, 0.05) is 18.9 Å². The van der Waals surface area contributed by atoms with E-state index in [0.29, 0.717) is 6.04 Å². The Labute approximate surface area is 177 Å². The predicted molar refractivity (Wildman–Crippen MR) is 123 cm³/mol. The average molecular weight is 389 g/mol. The van der Waals surface area contributed by atoms with Crippen LogP contribution in [0.2, 0.25) is 6.32 Å². The van der Waals surface area contributed by atoms with Crippen molar-refractivity contribution >= 4 is 7.05 Å². The molecule has 4 rings (SSSR count). The molecule has 2 nitrogen and oxygen atoms in total. The summed E-state index contributed by atoms with van der Waals surface area (Å²) in [6.45, 7) is 2.27. The molecule has 154 valence electrons. The zero-order valence-electron chi connectivity index (χ0n) is 18.0. The highest BCUT2D eigenvalue weighted by molar-refractivity contribution is 6.50. The van der Waals surface area contributed by atoms with E-state index >= 15 is 0 Å². The highest BCUT2D eigenvalue weighted by Crippen LogP contribution is 2.41. The van der Waals surface area contributed by atoms with Crippen molar-refractivity contribution in [1.82, 2.24) is 5.23 Å². The maximum atomic E-state index is 7.01. The van der Waals surface area contributed by atoms with Crippen LogP contribution in [0.4, 0.5) is 0 Å². The van der Waals surface area contributed by atoms with E-state index in [2.05, 4.69) is 72.8 Å². The second-order valence-electron chi connectivity index (χ2n) is 9.18. The van der Waals surface area contributed by atoms with Gasteiger partial charge in [0.15, 0.2) is 0 Å². The van der Waals surface area contributed by atoms with Gasteiger partial charge in [0.05, 0.1) is 5.60 Å². The second-order valence-corrected chi connectivity index (χ2v) is 9.18. The lowest BCUT2D eigenvalue weighted by molar-refractivity contribution is 0.0403. The Morgan fingerprint density at radius 3 is 2.03 bits per heavy atom. The molecule has 1 atom stereocenters. The molecule has 0 amide bonds.